The minimum absolute atomic E-state index is 0.104. The Labute approximate surface area is 137 Å². The number of benzene rings is 1. The van der Waals surface area contributed by atoms with Crippen LogP contribution in [0.5, 0.6) is 0 Å². The van der Waals surface area contributed by atoms with Crippen LogP contribution in [0.3, 0.4) is 0 Å². The van der Waals surface area contributed by atoms with E-state index < -0.39 is 0 Å². The summed E-state index contributed by atoms with van der Waals surface area (Å²) in [6.45, 7) is 2.58. The fourth-order valence-electron chi connectivity index (χ4n) is 3.04. The maximum absolute atomic E-state index is 12.4. The lowest BCUT2D eigenvalue weighted by molar-refractivity contribution is -0.120. The van der Waals surface area contributed by atoms with E-state index in [4.69, 9.17) is 5.26 Å². The number of likely N-dealkylation sites (N-methyl/N-ethyl adjacent to an activating group) is 1. The van der Waals surface area contributed by atoms with Gasteiger partial charge in [-0.15, -0.1) is 0 Å². The van der Waals surface area contributed by atoms with Gasteiger partial charge in [0.2, 0.25) is 5.91 Å². The molecule has 0 bridgehead atoms. The number of hydrogen-bond acceptors (Lipinski definition) is 4. The highest BCUT2D eigenvalue weighted by Gasteiger charge is 2.27. The minimum Gasteiger partial charge on any atom is -0.393 e. The van der Waals surface area contributed by atoms with Crippen LogP contribution in [0, 0.1) is 17.2 Å². The maximum atomic E-state index is 12.4. The van der Waals surface area contributed by atoms with Crippen molar-refractivity contribution in [1.82, 2.24) is 4.90 Å². The normalized spacial score (nSPS) is 22.4. The van der Waals surface area contributed by atoms with Gasteiger partial charge in [0.05, 0.1) is 23.8 Å². The predicted molar refractivity (Wildman–Crippen MR) is 89.8 cm³/mol. The summed E-state index contributed by atoms with van der Waals surface area (Å²) in [4.78, 5) is 14.4. The van der Waals surface area contributed by atoms with E-state index in [0.717, 1.165) is 25.7 Å². The number of aliphatic hydroxyl groups excluding tert-OH is 1. The molecular weight excluding hydrogens is 290 g/mol. The van der Waals surface area contributed by atoms with Crippen molar-refractivity contribution in [2.75, 3.05) is 18.9 Å². The van der Waals surface area contributed by atoms with Crippen molar-refractivity contribution in [2.45, 2.75) is 44.8 Å². The van der Waals surface area contributed by atoms with Crippen LogP contribution in [-0.4, -0.2) is 41.7 Å². The van der Waals surface area contributed by atoms with Crippen LogP contribution in [-0.2, 0) is 4.79 Å². The third kappa shape index (κ3) is 4.78. The van der Waals surface area contributed by atoms with Crippen LogP contribution in [0.25, 0.3) is 0 Å². The van der Waals surface area contributed by atoms with Crippen LogP contribution < -0.4 is 5.32 Å². The van der Waals surface area contributed by atoms with Crippen molar-refractivity contribution in [2.24, 2.45) is 5.92 Å². The van der Waals surface area contributed by atoms with E-state index >= 15 is 0 Å². The first-order valence-corrected chi connectivity index (χ1v) is 8.20. The Hall–Kier alpha value is -1.90. The highest BCUT2D eigenvalue weighted by molar-refractivity contribution is 5.94. The van der Waals surface area contributed by atoms with Crippen LogP contribution in [0.2, 0.25) is 0 Å². The molecule has 1 aromatic carbocycles. The summed E-state index contributed by atoms with van der Waals surface area (Å²) >= 11 is 0. The van der Waals surface area contributed by atoms with Crippen LogP contribution >= 0.6 is 0 Å². The summed E-state index contributed by atoms with van der Waals surface area (Å²) in [5.41, 5.74) is 1.15. The molecule has 1 amide bonds. The van der Waals surface area contributed by atoms with Crippen LogP contribution in [0.4, 0.5) is 5.69 Å². The highest BCUT2D eigenvalue weighted by Crippen LogP contribution is 2.25. The standard InChI is InChI=1S/C18H25N3O2/c1-13(21(2)12-15-7-3-4-9-17(15)22)18(23)20-16-8-5-6-14(10-16)11-19/h5-6,8,10,13,15,17,22H,3-4,7,9,12H2,1-2H3,(H,20,23). The Morgan fingerprint density at radius 1 is 1.48 bits per heavy atom. The lowest BCUT2D eigenvalue weighted by Crippen LogP contribution is -2.44. The Bertz CT molecular complexity index is 582. The first kappa shape index (κ1) is 17.5. The van der Waals surface area contributed by atoms with E-state index in [0.29, 0.717) is 17.8 Å². The van der Waals surface area contributed by atoms with Gasteiger partial charge in [-0.2, -0.15) is 5.26 Å². The highest BCUT2D eigenvalue weighted by atomic mass is 16.3. The first-order valence-electron chi connectivity index (χ1n) is 8.20. The fourth-order valence-corrected chi connectivity index (χ4v) is 3.04. The van der Waals surface area contributed by atoms with Gasteiger partial charge < -0.3 is 10.4 Å². The van der Waals surface area contributed by atoms with Crippen molar-refractivity contribution in [1.29, 1.82) is 5.26 Å². The molecule has 2 rings (SSSR count). The molecule has 3 atom stereocenters. The summed E-state index contributed by atoms with van der Waals surface area (Å²) in [7, 11) is 1.91. The summed E-state index contributed by atoms with van der Waals surface area (Å²) in [5.74, 6) is 0.138. The Balaban J connectivity index is 1.91. The second-order valence-corrected chi connectivity index (χ2v) is 6.41. The van der Waals surface area contributed by atoms with E-state index in [9.17, 15) is 9.90 Å². The average molecular weight is 315 g/mol. The topological polar surface area (TPSA) is 76.4 Å². The number of rotatable bonds is 5. The number of anilines is 1. The van der Waals surface area contributed by atoms with Crippen LogP contribution in [0.1, 0.15) is 38.2 Å². The molecule has 1 aromatic rings. The number of nitriles is 1. The van der Waals surface area contributed by atoms with Gasteiger partial charge in [0, 0.05) is 12.2 Å². The zero-order valence-corrected chi connectivity index (χ0v) is 13.8. The fraction of sp³-hybridized carbons (Fsp3) is 0.556. The largest absolute Gasteiger partial charge is 0.393 e. The molecule has 0 heterocycles. The number of hydrogen-bond donors (Lipinski definition) is 2. The Kier molecular flexibility index (Phi) is 6.14. The van der Waals surface area contributed by atoms with Gasteiger partial charge in [-0.1, -0.05) is 18.9 Å². The molecule has 124 valence electrons. The molecule has 0 saturated heterocycles. The SMILES string of the molecule is CC(C(=O)Nc1cccc(C#N)c1)N(C)CC1CCCCC1O. The maximum Gasteiger partial charge on any atom is 0.241 e. The number of nitrogens with one attached hydrogen (secondary N) is 1. The molecule has 0 aliphatic heterocycles. The predicted octanol–water partition coefficient (Wildman–Crippen LogP) is 2.37. The van der Waals surface area contributed by atoms with Gasteiger partial charge in [0.15, 0.2) is 0 Å². The number of amides is 1. The molecule has 1 fully saturated rings. The molecule has 5 heteroatoms. The summed E-state index contributed by atoms with van der Waals surface area (Å²) < 4.78 is 0. The zero-order valence-electron chi connectivity index (χ0n) is 13.8. The third-order valence-corrected chi connectivity index (χ3v) is 4.69. The zero-order chi connectivity index (χ0) is 16.8. The average Bonchev–Trinajstić information content (AvgIpc) is 2.56. The van der Waals surface area contributed by atoms with Gasteiger partial charge >= 0.3 is 0 Å². The first-order chi connectivity index (χ1) is 11.0. The summed E-state index contributed by atoms with van der Waals surface area (Å²) in [6.07, 6.45) is 3.86. The molecule has 5 nitrogen and oxygen atoms in total. The quantitative estimate of drug-likeness (QED) is 0.874. The van der Waals surface area contributed by atoms with Crippen LogP contribution in [0.15, 0.2) is 24.3 Å². The van der Waals surface area contributed by atoms with E-state index in [1.807, 2.05) is 18.9 Å². The lowest BCUT2D eigenvalue weighted by Gasteiger charge is -2.33. The molecular formula is C18H25N3O2. The Morgan fingerprint density at radius 2 is 2.22 bits per heavy atom. The number of aliphatic hydroxyl groups is 1. The van der Waals surface area contributed by atoms with Crippen molar-refractivity contribution in [3.05, 3.63) is 29.8 Å². The molecule has 2 N–H and O–H groups in total. The van der Waals surface area contributed by atoms with E-state index in [1.54, 1.807) is 24.3 Å². The lowest BCUT2D eigenvalue weighted by atomic mass is 9.86. The summed E-state index contributed by atoms with van der Waals surface area (Å²) in [6, 6.07) is 8.66. The third-order valence-electron chi connectivity index (χ3n) is 4.69. The molecule has 1 aliphatic carbocycles. The second kappa shape index (κ2) is 8.09. The molecule has 1 saturated carbocycles. The smallest absolute Gasteiger partial charge is 0.241 e. The monoisotopic (exact) mass is 315 g/mol. The minimum atomic E-state index is -0.296. The van der Waals surface area contributed by atoms with Gasteiger partial charge in [-0.05, 0) is 50.9 Å². The number of carbonyl (C=O) groups excluding carboxylic acids is 1. The van der Waals surface area contributed by atoms with E-state index in [2.05, 4.69) is 11.4 Å². The summed E-state index contributed by atoms with van der Waals surface area (Å²) in [5, 5.41) is 21.8. The van der Waals surface area contributed by atoms with Gasteiger partial charge in [0.1, 0.15) is 0 Å². The molecule has 3 unspecified atom stereocenters. The molecule has 1 aliphatic rings. The van der Waals surface area contributed by atoms with Gasteiger partial charge in [0.25, 0.3) is 0 Å². The molecule has 0 spiro atoms. The molecule has 0 aromatic heterocycles. The number of nitrogens with zero attached hydrogens (tertiary/aromatic N) is 2. The van der Waals surface area contributed by atoms with E-state index in [1.165, 1.54) is 0 Å². The molecule has 23 heavy (non-hydrogen) atoms. The number of carbonyl (C=O) groups is 1. The van der Waals surface area contributed by atoms with Gasteiger partial charge in [-0.3, -0.25) is 9.69 Å². The van der Waals surface area contributed by atoms with Gasteiger partial charge in [-0.25, -0.2) is 0 Å². The van der Waals surface area contributed by atoms with Crippen molar-refractivity contribution in [3.63, 3.8) is 0 Å². The van der Waals surface area contributed by atoms with E-state index in [-0.39, 0.29) is 24.0 Å². The second-order valence-electron chi connectivity index (χ2n) is 6.41. The molecule has 0 radical (unpaired) electrons. The van der Waals surface area contributed by atoms with Crippen molar-refractivity contribution >= 4 is 11.6 Å². The van der Waals surface area contributed by atoms with Crippen molar-refractivity contribution in [3.8, 4) is 6.07 Å². The Morgan fingerprint density at radius 3 is 2.91 bits per heavy atom. The van der Waals surface area contributed by atoms with Crippen molar-refractivity contribution < 1.29 is 9.90 Å².